The molecule has 12 aromatic rings. The molecule has 61 heavy (non-hydrogen) atoms. The fourth-order valence-corrected chi connectivity index (χ4v) is 10.5. The Morgan fingerprint density at radius 3 is 1.39 bits per heavy atom. The second-order valence-electron chi connectivity index (χ2n) is 15.6. The van der Waals surface area contributed by atoms with Crippen LogP contribution in [0.3, 0.4) is 0 Å². The van der Waals surface area contributed by atoms with Crippen molar-refractivity contribution in [2.75, 3.05) is 4.90 Å². The molecular formula is C58H37NOS. The molecule has 2 nitrogen and oxygen atoms in total. The Morgan fingerprint density at radius 2 is 0.754 bits per heavy atom. The molecule has 0 aliphatic heterocycles. The molecule has 10 aromatic carbocycles. The zero-order valence-corrected chi connectivity index (χ0v) is 33.9. The second kappa shape index (κ2) is 14.5. The van der Waals surface area contributed by atoms with Crippen LogP contribution >= 0.6 is 11.3 Å². The summed E-state index contributed by atoms with van der Waals surface area (Å²) in [7, 11) is 0. The van der Waals surface area contributed by atoms with Crippen molar-refractivity contribution in [3.63, 3.8) is 0 Å². The van der Waals surface area contributed by atoms with Crippen molar-refractivity contribution in [1.82, 2.24) is 0 Å². The van der Waals surface area contributed by atoms with E-state index < -0.39 is 0 Å². The average Bonchev–Trinajstić information content (AvgIpc) is 3.92. The fraction of sp³-hybridized carbons (Fsp3) is 0. The summed E-state index contributed by atoms with van der Waals surface area (Å²) in [4.78, 5) is 2.34. The predicted octanol–water partition coefficient (Wildman–Crippen LogP) is 17.2. The first-order chi connectivity index (χ1) is 30.3. The Hall–Kier alpha value is -7.72. The van der Waals surface area contributed by atoms with Crippen LogP contribution in [-0.2, 0) is 0 Å². The molecule has 0 N–H and O–H groups in total. The minimum Gasteiger partial charge on any atom is -0.453 e. The van der Waals surface area contributed by atoms with Crippen LogP contribution in [-0.4, -0.2) is 0 Å². The maximum Gasteiger partial charge on any atom is 0.159 e. The monoisotopic (exact) mass is 795 g/mol. The quantitative estimate of drug-likeness (QED) is 0.160. The Morgan fingerprint density at radius 1 is 0.295 bits per heavy atom. The van der Waals surface area contributed by atoms with Gasteiger partial charge in [0.25, 0.3) is 0 Å². The summed E-state index contributed by atoms with van der Waals surface area (Å²) in [5.74, 6) is 0. The van der Waals surface area contributed by atoms with E-state index in [-0.39, 0.29) is 0 Å². The topological polar surface area (TPSA) is 16.4 Å². The number of anilines is 3. The van der Waals surface area contributed by atoms with E-state index in [1.54, 1.807) is 0 Å². The van der Waals surface area contributed by atoms with Gasteiger partial charge in [0.15, 0.2) is 5.58 Å². The second-order valence-corrected chi connectivity index (χ2v) is 16.6. The molecule has 0 atom stereocenters. The molecule has 12 rings (SSSR count). The highest BCUT2D eigenvalue weighted by Crippen LogP contribution is 2.46. The smallest absolute Gasteiger partial charge is 0.159 e. The lowest BCUT2D eigenvalue weighted by molar-refractivity contribution is 0.670. The van der Waals surface area contributed by atoms with E-state index in [2.05, 4.69) is 229 Å². The highest BCUT2D eigenvalue weighted by atomic mass is 32.1. The summed E-state index contributed by atoms with van der Waals surface area (Å²) in [6.45, 7) is 0. The molecule has 0 bridgehead atoms. The van der Waals surface area contributed by atoms with Gasteiger partial charge >= 0.3 is 0 Å². The van der Waals surface area contributed by atoms with Crippen LogP contribution in [0.5, 0.6) is 0 Å². The van der Waals surface area contributed by atoms with Gasteiger partial charge in [0.05, 0.1) is 5.69 Å². The third-order valence-corrected chi connectivity index (χ3v) is 13.3. The van der Waals surface area contributed by atoms with Crippen LogP contribution in [0.1, 0.15) is 0 Å². The number of thiophene rings is 1. The molecule has 0 amide bonds. The molecule has 0 spiro atoms. The SMILES string of the molecule is c1ccc(-c2ccc(-c3ccc(N(c4ccc(-c5cccc6c5sc5ccccc56)cc4)c4cccc5c4oc4c(-c6ccccc6)cccc45)cc3)c3ccccc23)cc1. The van der Waals surface area contributed by atoms with Gasteiger partial charge in [0, 0.05) is 47.9 Å². The Balaban J connectivity index is 1.01. The van der Waals surface area contributed by atoms with E-state index in [0.29, 0.717) is 0 Å². The fourth-order valence-electron chi connectivity index (χ4n) is 9.23. The normalized spacial score (nSPS) is 11.6. The van der Waals surface area contributed by atoms with Crippen molar-refractivity contribution in [2.45, 2.75) is 0 Å². The number of furan rings is 1. The van der Waals surface area contributed by atoms with Crippen molar-refractivity contribution in [2.24, 2.45) is 0 Å². The number of fused-ring (bicyclic) bond motifs is 7. The molecule has 0 radical (unpaired) electrons. The molecular weight excluding hydrogens is 759 g/mol. The first-order valence-electron chi connectivity index (χ1n) is 20.7. The lowest BCUT2D eigenvalue weighted by Crippen LogP contribution is -2.10. The van der Waals surface area contributed by atoms with Crippen molar-refractivity contribution < 1.29 is 4.42 Å². The summed E-state index contributed by atoms with van der Waals surface area (Å²) < 4.78 is 9.64. The average molecular weight is 796 g/mol. The first kappa shape index (κ1) is 35.2. The van der Waals surface area contributed by atoms with Crippen molar-refractivity contribution >= 4 is 81.3 Å². The van der Waals surface area contributed by atoms with Crippen LogP contribution in [0, 0.1) is 0 Å². The summed E-state index contributed by atoms with van der Waals surface area (Å²) in [6.07, 6.45) is 0. The van der Waals surface area contributed by atoms with E-state index in [4.69, 9.17) is 4.42 Å². The number of nitrogens with zero attached hydrogens (tertiary/aromatic N) is 1. The van der Waals surface area contributed by atoms with Gasteiger partial charge in [-0.05, 0) is 86.1 Å². The Labute approximate surface area is 357 Å². The highest BCUT2D eigenvalue weighted by molar-refractivity contribution is 7.26. The molecule has 0 saturated carbocycles. The van der Waals surface area contributed by atoms with E-state index in [1.807, 2.05) is 11.3 Å². The van der Waals surface area contributed by atoms with Crippen LogP contribution in [0.15, 0.2) is 229 Å². The number of hydrogen-bond donors (Lipinski definition) is 0. The molecule has 2 aromatic heterocycles. The van der Waals surface area contributed by atoms with Gasteiger partial charge in [-0.1, -0.05) is 188 Å². The van der Waals surface area contributed by atoms with Crippen molar-refractivity contribution in [3.8, 4) is 44.5 Å². The minimum absolute atomic E-state index is 0.853. The Kier molecular flexibility index (Phi) is 8.39. The maximum atomic E-state index is 7.01. The van der Waals surface area contributed by atoms with E-state index in [1.165, 1.54) is 64.3 Å². The summed E-state index contributed by atoms with van der Waals surface area (Å²) in [6, 6.07) is 80.9. The molecule has 0 aliphatic carbocycles. The lowest BCUT2D eigenvalue weighted by atomic mass is 9.92. The largest absolute Gasteiger partial charge is 0.453 e. The van der Waals surface area contributed by atoms with E-state index in [9.17, 15) is 0 Å². The number of para-hydroxylation sites is 2. The van der Waals surface area contributed by atoms with E-state index in [0.717, 1.165) is 50.1 Å². The minimum atomic E-state index is 0.853. The van der Waals surface area contributed by atoms with Gasteiger partial charge < -0.3 is 9.32 Å². The van der Waals surface area contributed by atoms with Crippen LogP contribution < -0.4 is 4.90 Å². The predicted molar refractivity (Wildman–Crippen MR) is 261 cm³/mol. The van der Waals surface area contributed by atoms with Crippen molar-refractivity contribution in [3.05, 3.63) is 224 Å². The number of benzene rings is 10. The molecule has 3 heteroatoms. The molecule has 0 fully saturated rings. The number of rotatable bonds is 7. The van der Waals surface area contributed by atoms with Crippen LogP contribution in [0.25, 0.3) is 97.4 Å². The summed E-state index contributed by atoms with van der Waals surface area (Å²) in [5, 5.41) is 7.28. The van der Waals surface area contributed by atoms with Crippen LogP contribution in [0.2, 0.25) is 0 Å². The Bertz CT molecular complexity index is 3570. The van der Waals surface area contributed by atoms with Crippen LogP contribution in [0.4, 0.5) is 17.1 Å². The van der Waals surface area contributed by atoms with E-state index >= 15 is 0 Å². The standard InChI is InChI=1S/C58H37NOS/c1-3-14-38(15-4-1)44-36-37-45(49-19-8-7-18-48(44)49)40-28-32-42(33-29-40)59(43-34-30-41(31-35-43)47-22-12-25-53-50-20-9-10-27-55(50)61-58(47)53)54-26-13-24-52-51-23-11-21-46(56(51)60-57(52)54)39-16-5-2-6-17-39/h1-37H. The summed E-state index contributed by atoms with van der Waals surface area (Å²) >= 11 is 1.87. The van der Waals surface area contributed by atoms with Gasteiger partial charge in [-0.25, -0.2) is 0 Å². The van der Waals surface area contributed by atoms with Gasteiger partial charge in [-0.3, -0.25) is 0 Å². The summed E-state index contributed by atoms with van der Waals surface area (Å²) in [5.41, 5.74) is 14.3. The third kappa shape index (κ3) is 5.93. The van der Waals surface area contributed by atoms with Gasteiger partial charge in [0.1, 0.15) is 5.58 Å². The molecule has 0 unspecified atom stereocenters. The molecule has 286 valence electrons. The molecule has 2 heterocycles. The van der Waals surface area contributed by atoms with Gasteiger partial charge in [0.2, 0.25) is 0 Å². The van der Waals surface area contributed by atoms with Crippen molar-refractivity contribution in [1.29, 1.82) is 0 Å². The maximum absolute atomic E-state index is 7.01. The number of hydrogen-bond acceptors (Lipinski definition) is 3. The highest BCUT2D eigenvalue weighted by Gasteiger charge is 2.22. The zero-order chi connectivity index (χ0) is 40.3. The van der Waals surface area contributed by atoms with Gasteiger partial charge in [-0.15, -0.1) is 11.3 Å². The zero-order valence-electron chi connectivity index (χ0n) is 33.1. The lowest BCUT2D eigenvalue weighted by Gasteiger charge is -2.26. The third-order valence-electron chi connectivity index (χ3n) is 12.1. The molecule has 0 aliphatic rings. The van der Waals surface area contributed by atoms with Gasteiger partial charge in [-0.2, -0.15) is 0 Å². The molecule has 0 saturated heterocycles. The first-order valence-corrected chi connectivity index (χ1v) is 21.6.